The molecule has 0 N–H and O–H groups in total. The Morgan fingerprint density at radius 2 is 1.88 bits per heavy atom. The number of ketones is 1. The molecule has 0 amide bonds. The molecule has 0 spiro atoms. The van der Waals surface area contributed by atoms with E-state index in [2.05, 4.69) is 22.1 Å². The van der Waals surface area contributed by atoms with Crippen molar-refractivity contribution in [3.8, 4) is 0 Å². The van der Waals surface area contributed by atoms with Gasteiger partial charge in [0.25, 0.3) is 0 Å². The number of piperidine rings is 1. The van der Waals surface area contributed by atoms with Crippen molar-refractivity contribution in [3.63, 3.8) is 0 Å². The lowest BCUT2D eigenvalue weighted by atomic mass is 9.45. The second kappa shape index (κ2) is 9.51. The fourth-order valence-corrected chi connectivity index (χ4v) is 8.42. The maximum atomic E-state index is 14.6. The van der Waals surface area contributed by atoms with Crippen LogP contribution in [0.2, 0.25) is 0 Å². The average molecular weight is 476 g/mol. The monoisotopic (exact) mass is 475 g/mol. The topological polar surface area (TPSA) is 63.5 Å². The fourth-order valence-electron chi connectivity index (χ4n) is 8.42. The van der Waals surface area contributed by atoms with Gasteiger partial charge in [0.15, 0.2) is 12.0 Å². The van der Waals surface area contributed by atoms with Crippen LogP contribution in [-0.4, -0.2) is 61.6 Å². The second-order valence-corrected chi connectivity index (χ2v) is 12.0. The molecular weight excluding hydrogens is 433 g/mol. The van der Waals surface area contributed by atoms with E-state index in [4.69, 9.17) is 9.68 Å². The summed E-state index contributed by atoms with van der Waals surface area (Å²) in [6, 6.07) is 0. The number of carbonyl (C=O) groups is 1. The van der Waals surface area contributed by atoms with E-state index < -0.39 is 11.6 Å². The molecule has 5 aliphatic rings. The Morgan fingerprint density at radius 3 is 2.65 bits per heavy atom. The van der Waals surface area contributed by atoms with Crippen LogP contribution in [0.1, 0.15) is 78.1 Å². The van der Waals surface area contributed by atoms with Crippen molar-refractivity contribution in [3.05, 3.63) is 0 Å². The van der Waals surface area contributed by atoms with E-state index in [0.29, 0.717) is 24.9 Å². The quantitative estimate of drug-likeness (QED) is 0.414. The zero-order valence-corrected chi connectivity index (χ0v) is 21.2. The lowest BCUT2D eigenvalue weighted by Crippen LogP contribution is -2.56. The highest BCUT2D eigenvalue weighted by atomic mass is 19.1. The molecule has 0 bridgehead atoms. The van der Waals surface area contributed by atoms with Gasteiger partial charge in [-0.05, 0) is 94.0 Å². The van der Waals surface area contributed by atoms with E-state index in [9.17, 15) is 9.18 Å². The van der Waals surface area contributed by atoms with E-state index in [1.165, 1.54) is 32.4 Å². The van der Waals surface area contributed by atoms with E-state index in [0.717, 1.165) is 56.5 Å². The van der Waals surface area contributed by atoms with Gasteiger partial charge in [-0.3, -0.25) is 9.69 Å². The van der Waals surface area contributed by atoms with Gasteiger partial charge in [0.05, 0.1) is 11.4 Å². The van der Waals surface area contributed by atoms with Crippen molar-refractivity contribution >= 4 is 17.2 Å². The minimum absolute atomic E-state index is 0.0753. The lowest BCUT2D eigenvalue weighted by molar-refractivity contribution is -0.135. The average Bonchev–Trinajstić information content (AvgIpc) is 3.07. The van der Waals surface area contributed by atoms with Crippen molar-refractivity contribution in [1.29, 1.82) is 0 Å². The second-order valence-electron chi connectivity index (χ2n) is 12.0. The summed E-state index contributed by atoms with van der Waals surface area (Å²) in [4.78, 5) is 26.3. The van der Waals surface area contributed by atoms with Gasteiger partial charge in [-0.1, -0.05) is 30.6 Å². The molecule has 7 heteroatoms. The van der Waals surface area contributed by atoms with Gasteiger partial charge in [-0.15, -0.1) is 0 Å². The van der Waals surface area contributed by atoms with Crippen LogP contribution in [0.3, 0.4) is 0 Å². The van der Waals surface area contributed by atoms with Crippen LogP contribution < -0.4 is 0 Å². The number of carbonyl (C=O) groups excluding carboxylic acids is 1. The molecule has 5 unspecified atom stereocenters. The summed E-state index contributed by atoms with van der Waals surface area (Å²) in [7, 11) is 1.61. The molecule has 6 nitrogen and oxygen atoms in total. The van der Waals surface area contributed by atoms with E-state index >= 15 is 0 Å². The number of hydrogen-bond acceptors (Lipinski definition) is 6. The highest BCUT2D eigenvalue weighted by Crippen LogP contribution is 2.65. The summed E-state index contributed by atoms with van der Waals surface area (Å²) in [6.07, 6.45) is 8.47. The Labute approximate surface area is 203 Å². The standard InChI is InChI=1S/C27H42FN3O3/c1-26-9-7-18(29-34-14-13-31-11-5-4-6-12-31)15-22(26)24(30-33-3)16-19-20(26)8-10-27(2)21(19)17-23(28)25(27)32/h19-23H,4-17H2,1-3H3/t19?,20?,21?,22?,23?,26-,27+/m1/s1. The minimum Gasteiger partial charge on any atom is -0.399 e. The Hall–Kier alpha value is -1.50. The molecular formula is C27H42FN3O3. The maximum Gasteiger partial charge on any atom is 0.173 e. The van der Waals surface area contributed by atoms with Crippen molar-refractivity contribution in [2.75, 3.05) is 33.4 Å². The lowest BCUT2D eigenvalue weighted by Gasteiger charge is -2.59. The molecule has 1 heterocycles. The van der Waals surface area contributed by atoms with Crippen LogP contribution in [0.5, 0.6) is 0 Å². The zero-order valence-electron chi connectivity index (χ0n) is 21.2. The normalized spacial score (nSPS) is 45.1. The first-order chi connectivity index (χ1) is 16.4. The molecule has 4 saturated carbocycles. The summed E-state index contributed by atoms with van der Waals surface area (Å²) in [5.41, 5.74) is 1.77. The number of likely N-dealkylation sites (tertiary alicyclic amines) is 1. The molecule has 5 fully saturated rings. The molecule has 1 aliphatic heterocycles. The molecule has 0 aromatic heterocycles. The van der Waals surface area contributed by atoms with Gasteiger partial charge in [0.1, 0.15) is 13.7 Å². The van der Waals surface area contributed by atoms with Crippen LogP contribution in [0.4, 0.5) is 4.39 Å². The molecule has 34 heavy (non-hydrogen) atoms. The predicted molar refractivity (Wildman–Crippen MR) is 131 cm³/mol. The van der Waals surface area contributed by atoms with Gasteiger partial charge in [-0.2, -0.15) is 0 Å². The first-order valence-electron chi connectivity index (χ1n) is 13.5. The van der Waals surface area contributed by atoms with Crippen LogP contribution in [0.15, 0.2) is 10.3 Å². The van der Waals surface area contributed by atoms with E-state index in [-0.39, 0.29) is 23.0 Å². The van der Waals surface area contributed by atoms with Crippen molar-refractivity contribution in [2.45, 2.75) is 84.2 Å². The van der Waals surface area contributed by atoms with Gasteiger partial charge in [0, 0.05) is 17.9 Å². The van der Waals surface area contributed by atoms with Gasteiger partial charge >= 0.3 is 0 Å². The molecule has 5 rings (SSSR count). The molecule has 0 aromatic carbocycles. The summed E-state index contributed by atoms with van der Waals surface area (Å²) < 4.78 is 14.6. The number of alkyl halides is 1. The summed E-state index contributed by atoms with van der Waals surface area (Å²) in [5.74, 6) is 1.02. The number of halogens is 1. The maximum absolute atomic E-state index is 14.6. The van der Waals surface area contributed by atoms with E-state index in [1.807, 2.05) is 6.92 Å². The molecule has 1 saturated heterocycles. The smallest absolute Gasteiger partial charge is 0.173 e. The molecule has 0 aromatic rings. The number of oxime groups is 2. The number of fused-ring (bicyclic) bond motifs is 5. The van der Waals surface area contributed by atoms with Crippen LogP contribution >= 0.6 is 0 Å². The molecule has 7 atom stereocenters. The van der Waals surface area contributed by atoms with Crippen LogP contribution in [0.25, 0.3) is 0 Å². The Bertz CT molecular complexity index is 841. The van der Waals surface area contributed by atoms with E-state index in [1.54, 1.807) is 7.11 Å². The summed E-state index contributed by atoms with van der Waals surface area (Å²) in [5, 5.41) is 9.08. The van der Waals surface area contributed by atoms with Crippen molar-refractivity contribution in [2.24, 2.45) is 44.8 Å². The molecule has 4 aliphatic carbocycles. The number of rotatable bonds is 5. The molecule has 0 radical (unpaired) electrons. The Kier molecular flexibility index (Phi) is 6.77. The third kappa shape index (κ3) is 4.10. The zero-order chi connectivity index (χ0) is 23.9. The van der Waals surface area contributed by atoms with Crippen molar-refractivity contribution < 1.29 is 18.9 Å². The highest BCUT2D eigenvalue weighted by molar-refractivity contribution is 5.96. The minimum atomic E-state index is -1.30. The van der Waals surface area contributed by atoms with Gasteiger partial charge in [0.2, 0.25) is 0 Å². The van der Waals surface area contributed by atoms with Crippen molar-refractivity contribution in [1.82, 2.24) is 4.90 Å². The first kappa shape index (κ1) is 24.2. The predicted octanol–water partition coefficient (Wildman–Crippen LogP) is 5.02. The fraction of sp³-hybridized carbons (Fsp3) is 0.889. The SMILES string of the molecule is CON=C1CC2C(CC[C@]3(C)C(=O)C(F)CC23)[C@@]2(C)CCC(=NOCCN3CCCCC3)CC12. The third-order valence-electron chi connectivity index (χ3n) is 10.4. The highest BCUT2D eigenvalue weighted by Gasteiger charge is 2.63. The number of hydrogen-bond donors (Lipinski definition) is 0. The first-order valence-corrected chi connectivity index (χ1v) is 13.5. The number of Topliss-reactive ketones (excluding diaryl/α,β-unsaturated/α-hetero) is 1. The van der Waals surface area contributed by atoms with Gasteiger partial charge in [-0.25, -0.2) is 4.39 Å². The Balaban J connectivity index is 1.29. The molecule has 190 valence electrons. The third-order valence-corrected chi connectivity index (χ3v) is 10.4. The van der Waals surface area contributed by atoms with Crippen LogP contribution in [-0.2, 0) is 14.5 Å². The van der Waals surface area contributed by atoms with Gasteiger partial charge < -0.3 is 9.68 Å². The summed E-state index contributed by atoms with van der Waals surface area (Å²) in [6.45, 7) is 8.37. The largest absolute Gasteiger partial charge is 0.399 e. The summed E-state index contributed by atoms with van der Waals surface area (Å²) >= 11 is 0. The Morgan fingerprint density at radius 1 is 1.09 bits per heavy atom. The number of nitrogens with zero attached hydrogens (tertiary/aromatic N) is 3. The van der Waals surface area contributed by atoms with Crippen LogP contribution in [0, 0.1) is 34.5 Å².